The van der Waals surface area contributed by atoms with Crippen molar-refractivity contribution in [2.75, 3.05) is 5.73 Å². The molecule has 96 valence electrons. The molecular weight excluding hydrogens is 250 g/mol. The molecular formula is C12H15N3O2S. The highest BCUT2D eigenvalue weighted by Gasteiger charge is 2.21. The maximum Gasteiger partial charge on any atom is 0.342 e. The first kappa shape index (κ1) is 12.6. The molecule has 0 radical (unpaired) electrons. The SMILES string of the molecule is CC(C)OC(=O)c1c(-c2cnn(C)c2)csc1N. The van der Waals surface area contributed by atoms with Crippen LogP contribution in [0.1, 0.15) is 24.2 Å². The van der Waals surface area contributed by atoms with Crippen LogP contribution in [0.25, 0.3) is 11.1 Å². The summed E-state index contributed by atoms with van der Waals surface area (Å²) in [4.78, 5) is 12.0. The Hall–Kier alpha value is -1.82. The average molecular weight is 265 g/mol. The van der Waals surface area contributed by atoms with Crippen LogP contribution in [0, 0.1) is 0 Å². The van der Waals surface area contributed by atoms with Crippen LogP contribution in [0.15, 0.2) is 17.8 Å². The van der Waals surface area contributed by atoms with E-state index in [-0.39, 0.29) is 12.1 Å². The van der Waals surface area contributed by atoms with E-state index >= 15 is 0 Å². The van der Waals surface area contributed by atoms with Gasteiger partial charge in [0.05, 0.1) is 12.3 Å². The molecule has 2 aromatic rings. The van der Waals surface area contributed by atoms with Gasteiger partial charge in [-0.15, -0.1) is 11.3 Å². The maximum absolute atomic E-state index is 12.0. The van der Waals surface area contributed by atoms with E-state index in [0.717, 1.165) is 11.1 Å². The van der Waals surface area contributed by atoms with Crippen LogP contribution < -0.4 is 5.73 Å². The highest BCUT2D eigenvalue weighted by atomic mass is 32.1. The van der Waals surface area contributed by atoms with Crippen molar-refractivity contribution in [2.45, 2.75) is 20.0 Å². The summed E-state index contributed by atoms with van der Waals surface area (Å²) in [5.41, 5.74) is 7.92. The standard InChI is InChI=1S/C12H15N3O2S/c1-7(2)17-12(16)10-9(6-18-11(10)13)8-4-14-15(3)5-8/h4-7H,13H2,1-3H3. The number of hydrogen-bond acceptors (Lipinski definition) is 5. The summed E-state index contributed by atoms with van der Waals surface area (Å²) in [6, 6.07) is 0. The fraction of sp³-hybridized carbons (Fsp3) is 0.333. The van der Waals surface area contributed by atoms with Gasteiger partial charge in [0.15, 0.2) is 0 Å². The zero-order chi connectivity index (χ0) is 13.3. The van der Waals surface area contributed by atoms with Crippen molar-refractivity contribution in [1.82, 2.24) is 9.78 Å². The molecule has 6 heteroatoms. The van der Waals surface area contributed by atoms with E-state index in [4.69, 9.17) is 10.5 Å². The Morgan fingerprint density at radius 3 is 2.83 bits per heavy atom. The van der Waals surface area contributed by atoms with Gasteiger partial charge in [0.25, 0.3) is 0 Å². The number of ether oxygens (including phenoxy) is 1. The van der Waals surface area contributed by atoms with Crippen molar-refractivity contribution in [3.05, 3.63) is 23.3 Å². The van der Waals surface area contributed by atoms with Crippen molar-refractivity contribution in [3.8, 4) is 11.1 Å². The molecule has 0 fully saturated rings. The maximum atomic E-state index is 12.0. The Labute approximate surface area is 109 Å². The molecule has 0 bridgehead atoms. The monoisotopic (exact) mass is 265 g/mol. The fourth-order valence-electron chi connectivity index (χ4n) is 1.63. The Bertz CT molecular complexity index is 572. The molecule has 0 aliphatic carbocycles. The van der Waals surface area contributed by atoms with E-state index in [1.807, 2.05) is 32.5 Å². The molecule has 2 rings (SSSR count). The average Bonchev–Trinajstić information content (AvgIpc) is 2.83. The number of hydrogen-bond donors (Lipinski definition) is 1. The van der Waals surface area contributed by atoms with Gasteiger partial charge in [-0.05, 0) is 13.8 Å². The first-order chi connectivity index (χ1) is 8.49. The predicted octanol–water partition coefficient (Wildman–Crippen LogP) is 2.30. The van der Waals surface area contributed by atoms with Gasteiger partial charge in [-0.1, -0.05) is 0 Å². The lowest BCUT2D eigenvalue weighted by Crippen LogP contribution is -2.13. The number of aryl methyl sites for hydroxylation is 1. The van der Waals surface area contributed by atoms with E-state index < -0.39 is 0 Å². The van der Waals surface area contributed by atoms with Crippen LogP contribution >= 0.6 is 11.3 Å². The molecule has 2 heterocycles. The van der Waals surface area contributed by atoms with Gasteiger partial charge in [0, 0.05) is 29.8 Å². The third-order valence-electron chi connectivity index (χ3n) is 2.38. The zero-order valence-corrected chi connectivity index (χ0v) is 11.3. The van der Waals surface area contributed by atoms with Crippen LogP contribution in [-0.2, 0) is 11.8 Å². The molecule has 0 saturated carbocycles. The van der Waals surface area contributed by atoms with Crippen molar-refractivity contribution in [1.29, 1.82) is 0 Å². The van der Waals surface area contributed by atoms with Crippen LogP contribution in [0.4, 0.5) is 5.00 Å². The molecule has 0 aliphatic heterocycles. The molecule has 0 atom stereocenters. The number of nitrogens with zero attached hydrogens (tertiary/aromatic N) is 2. The van der Waals surface area contributed by atoms with Gasteiger partial charge in [0.1, 0.15) is 10.6 Å². The van der Waals surface area contributed by atoms with Crippen LogP contribution in [-0.4, -0.2) is 21.9 Å². The Morgan fingerprint density at radius 1 is 1.56 bits per heavy atom. The Balaban J connectivity index is 2.41. The van der Waals surface area contributed by atoms with Crippen LogP contribution in [0.5, 0.6) is 0 Å². The third kappa shape index (κ3) is 2.38. The molecule has 2 N–H and O–H groups in total. The number of carbonyl (C=O) groups is 1. The van der Waals surface area contributed by atoms with Gasteiger partial charge in [-0.25, -0.2) is 4.79 Å². The minimum absolute atomic E-state index is 0.168. The minimum Gasteiger partial charge on any atom is -0.459 e. The number of thiophene rings is 1. The van der Waals surface area contributed by atoms with Gasteiger partial charge < -0.3 is 10.5 Å². The number of anilines is 1. The van der Waals surface area contributed by atoms with Gasteiger partial charge in [0.2, 0.25) is 0 Å². The van der Waals surface area contributed by atoms with Gasteiger partial charge >= 0.3 is 5.97 Å². The summed E-state index contributed by atoms with van der Waals surface area (Å²) in [5, 5.41) is 6.41. The minimum atomic E-state index is -0.386. The molecule has 18 heavy (non-hydrogen) atoms. The lowest BCUT2D eigenvalue weighted by atomic mass is 10.1. The molecule has 0 unspecified atom stereocenters. The zero-order valence-electron chi connectivity index (χ0n) is 10.5. The van der Waals surface area contributed by atoms with Crippen molar-refractivity contribution >= 4 is 22.3 Å². The number of aromatic nitrogens is 2. The van der Waals surface area contributed by atoms with Crippen LogP contribution in [0.3, 0.4) is 0 Å². The molecule has 0 saturated heterocycles. The van der Waals surface area contributed by atoms with E-state index in [1.54, 1.807) is 10.9 Å². The summed E-state index contributed by atoms with van der Waals surface area (Å²) in [6.45, 7) is 3.62. The predicted molar refractivity (Wildman–Crippen MR) is 71.5 cm³/mol. The number of nitrogens with two attached hydrogens (primary N) is 1. The number of carbonyl (C=O) groups excluding carboxylic acids is 1. The third-order valence-corrected chi connectivity index (χ3v) is 3.19. The largest absolute Gasteiger partial charge is 0.459 e. The van der Waals surface area contributed by atoms with E-state index in [2.05, 4.69) is 5.10 Å². The quantitative estimate of drug-likeness (QED) is 0.864. The molecule has 5 nitrogen and oxygen atoms in total. The first-order valence-electron chi connectivity index (χ1n) is 5.56. The molecule has 0 aromatic carbocycles. The summed E-state index contributed by atoms with van der Waals surface area (Å²) in [5.74, 6) is -0.386. The van der Waals surface area contributed by atoms with Crippen molar-refractivity contribution in [2.24, 2.45) is 7.05 Å². The lowest BCUT2D eigenvalue weighted by Gasteiger charge is -2.08. The Morgan fingerprint density at radius 2 is 2.28 bits per heavy atom. The van der Waals surface area contributed by atoms with Crippen molar-refractivity contribution < 1.29 is 9.53 Å². The van der Waals surface area contributed by atoms with Crippen molar-refractivity contribution in [3.63, 3.8) is 0 Å². The summed E-state index contributed by atoms with van der Waals surface area (Å²) in [7, 11) is 1.82. The highest BCUT2D eigenvalue weighted by Crippen LogP contribution is 2.34. The van der Waals surface area contributed by atoms with Gasteiger partial charge in [-0.3, -0.25) is 4.68 Å². The number of rotatable bonds is 3. The van der Waals surface area contributed by atoms with E-state index in [0.29, 0.717) is 10.6 Å². The number of nitrogen functional groups attached to an aromatic ring is 1. The second-order valence-corrected chi connectivity index (χ2v) is 5.16. The topological polar surface area (TPSA) is 70.1 Å². The molecule has 0 aliphatic rings. The van der Waals surface area contributed by atoms with E-state index in [9.17, 15) is 4.79 Å². The van der Waals surface area contributed by atoms with E-state index in [1.165, 1.54) is 11.3 Å². The highest BCUT2D eigenvalue weighted by molar-refractivity contribution is 7.14. The summed E-state index contributed by atoms with van der Waals surface area (Å²) in [6.07, 6.45) is 3.37. The summed E-state index contributed by atoms with van der Waals surface area (Å²) >= 11 is 1.33. The second-order valence-electron chi connectivity index (χ2n) is 4.25. The lowest BCUT2D eigenvalue weighted by molar-refractivity contribution is 0.0380. The molecule has 0 spiro atoms. The van der Waals surface area contributed by atoms with Crippen LogP contribution in [0.2, 0.25) is 0 Å². The Kier molecular flexibility index (Phi) is 3.38. The second kappa shape index (κ2) is 4.81. The first-order valence-corrected chi connectivity index (χ1v) is 6.44. The molecule has 2 aromatic heterocycles. The summed E-state index contributed by atoms with van der Waals surface area (Å²) < 4.78 is 6.89. The fourth-order valence-corrected chi connectivity index (χ4v) is 2.44. The molecule has 0 amide bonds. The smallest absolute Gasteiger partial charge is 0.342 e. The van der Waals surface area contributed by atoms with Gasteiger partial charge in [-0.2, -0.15) is 5.10 Å². The normalized spacial score (nSPS) is 10.9. The number of esters is 1.